The molecule has 0 fully saturated rings. The molecule has 0 aliphatic heterocycles. The maximum atomic E-state index is 12.9. The van der Waals surface area contributed by atoms with Crippen LogP contribution in [0.15, 0.2) is 42.6 Å². The van der Waals surface area contributed by atoms with Gasteiger partial charge in [0.05, 0.1) is 22.5 Å². The van der Waals surface area contributed by atoms with E-state index in [1.807, 2.05) is 0 Å². The molecule has 0 bridgehead atoms. The molecule has 0 spiro atoms. The van der Waals surface area contributed by atoms with Crippen LogP contribution in [0, 0.1) is 6.92 Å². The number of aryl methyl sites for hydroxylation is 1. The second kappa shape index (κ2) is 8.41. The highest BCUT2D eigenvalue weighted by Crippen LogP contribution is 2.36. The summed E-state index contributed by atoms with van der Waals surface area (Å²) >= 11 is 5.56. The number of carbonyl (C=O) groups is 1. The van der Waals surface area contributed by atoms with Crippen LogP contribution in [0.2, 0.25) is 5.02 Å². The van der Waals surface area contributed by atoms with Crippen molar-refractivity contribution in [3.8, 4) is 0 Å². The van der Waals surface area contributed by atoms with Crippen LogP contribution in [0.4, 0.5) is 46.9 Å². The number of halogens is 4. The molecular formula is C18H15ClF3N7O. The Hall–Kier alpha value is -3.60. The Labute approximate surface area is 173 Å². The number of nitrogens with zero attached hydrogens (tertiary/aromatic N) is 3. The maximum Gasteiger partial charge on any atom is 0.417 e. The van der Waals surface area contributed by atoms with Gasteiger partial charge in [0, 0.05) is 17.4 Å². The number of nitrogens with two attached hydrogens (primary N) is 1. The zero-order chi connectivity index (χ0) is 21.9. The summed E-state index contributed by atoms with van der Waals surface area (Å²) in [5.74, 6) is 0.771. The Morgan fingerprint density at radius 2 is 1.80 bits per heavy atom. The van der Waals surface area contributed by atoms with Crippen LogP contribution in [0.3, 0.4) is 0 Å². The number of hydrogen-bond donors (Lipinski definition) is 4. The van der Waals surface area contributed by atoms with E-state index in [0.29, 0.717) is 17.2 Å². The maximum absolute atomic E-state index is 12.9. The van der Waals surface area contributed by atoms with Crippen LogP contribution in [0.25, 0.3) is 0 Å². The lowest BCUT2D eigenvalue weighted by Gasteiger charge is -2.12. The number of hydrogen-bond acceptors (Lipinski definition) is 6. The molecule has 3 rings (SSSR count). The van der Waals surface area contributed by atoms with E-state index >= 15 is 0 Å². The summed E-state index contributed by atoms with van der Waals surface area (Å²) in [7, 11) is 0. The van der Waals surface area contributed by atoms with Gasteiger partial charge in [0.25, 0.3) is 0 Å². The Kier molecular flexibility index (Phi) is 5.92. The normalized spacial score (nSPS) is 11.1. The summed E-state index contributed by atoms with van der Waals surface area (Å²) in [5, 5.41) is 7.18. The number of anilines is 5. The molecule has 0 aliphatic rings. The Balaban J connectivity index is 1.63. The third-order valence-electron chi connectivity index (χ3n) is 3.66. The topological polar surface area (TPSA) is 118 Å². The van der Waals surface area contributed by atoms with Crippen molar-refractivity contribution in [2.75, 3.05) is 21.7 Å². The molecule has 2 heterocycles. The summed E-state index contributed by atoms with van der Waals surface area (Å²) in [6.45, 7) is 1.77. The predicted molar refractivity (Wildman–Crippen MR) is 108 cm³/mol. The monoisotopic (exact) mass is 437 g/mol. The summed E-state index contributed by atoms with van der Waals surface area (Å²) in [6.07, 6.45) is -3.22. The molecule has 0 atom stereocenters. The smallest absolute Gasteiger partial charge is 0.384 e. The van der Waals surface area contributed by atoms with E-state index in [2.05, 4.69) is 30.9 Å². The van der Waals surface area contributed by atoms with Crippen molar-refractivity contribution in [3.05, 3.63) is 58.9 Å². The fourth-order valence-corrected chi connectivity index (χ4v) is 2.64. The highest BCUT2D eigenvalue weighted by atomic mass is 35.5. The van der Waals surface area contributed by atoms with Crippen LogP contribution in [0.5, 0.6) is 0 Å². The lowest BCUT2D eigenvalue weighted by atomic mass is 10.2. The number of benzene rings is 1. The second-order valence-electron chi connectivity index (χ2n) is 6.09. The van der Waals surface area contributed by atoms with Gasteiger partial charge in [-0.15, -0.1) is 0 Å². The number of aromatic nitrogens is 3. The molecule has 12 heteroatoms. The van der Waals surface area contributed by atoms with Gasteiger partial charge in [-0.05, 0) is 37.3 Å². The first kappa shape index (κ1) is 21.1. The van der Waals surface area contributed by atoms with Gasteiger partial charge < -0.3 is 16.4 Å². The minimum absolute atomic E-state index is 0.0725. The summed E-state index contributed by atoms with van der Waals surface area (Å²) < 4.78 is 38.7. The van der Waals surface area contributed by atoms with Crippen molar-refractivity contribution in [1.29, 1.82) is 0 Å². The number of rotatable bonds is 4. The first-order valence-corrected chi connectivity index (χ1v) is 8.77. The third-order valence-corrected chi connectivity index (χ3v) is 3.99. The van der Waals surface area contributed by atoms with E-state index < -0.39 is 22.8 Å². The van der Waals surface area contributed by atoms with Crippen molar-refractivity contribution >= 4 is 46.6 Å². The van der Waals surface area contributed by atoms with Crippen molar-refractivity contribution in [2.24, 2.45) is 0 Å². The first-order chi connectivity index (χ1) is 14.1. The number of amides is 2. The molecule has 0 aliphatic carbocycles. The van der Waals surface area contributed by atoms with Crippen LogP contribution in [-0.4, -0.2) is 21.0 Å². The number of urea groups is 1. The average molecular weight is 438 g/mol. The van der Waals surface area contributed by atoms with Crippen LogP contribution >= 0.6 is 11.6 Å². The predicted octanol–water partition coefficient (Wildman–Crippen LogP) is 4.82. The quantitative estimate of drug-likeness (QED) is 0.464. The minimum Gasteiger partial charge on any atom is -0.384 e. The SMILES string of the molecule is Cc1cc(N)nc(Nc2ccc(NC(=O)Nc3ccc(Cl)c(C(F)(F)F)c3)nc2)n1. The third kappa shape index (κ3) is 5.47. The Morgan fingerprint density at radius 1 is 1.07 bits per heavy atom. The molecule has 0 radical (unpaired) electrons. The highest BCUT2D eigenvalue weighted by molar-refractivity contribution is 6.31. The Bertz CT molecular complexity index is 1050. The number of nitrogens with one attached hydrogen (secondary N) is 3. The largest absolute Gasteiger partial charge is 0.417 e. The molecule has 0 saturated carbocycles. The lowest BCUT2D eigenvalue weighted by Crippen LogP contribution is -2.20. The highest BCUT2D eigenvalue weighted by Gasteiger charge is 2.33. The molecule has 3 aromatic rings. The fraction of sp³-hybridized carbons (Fsp3) is 0.111. The summed E-state index contributed by atoms with van der Waals surface area (Å²) in [4.78, 5) is 24.3. The summed E-state index contributed by atoms with van der Waals surface area (Å²) in [5.41, 5.74) is 5.77. The molecule has 156 valence electrons. The van der Waals surface area contributed by atoms with E-state index in [-0.39, 0.29) is 17.5 Å². The van der Waals surface area contributed by atoms with E-state index in [9.17, 15) is 18.0 Å². The number of alkyl halides is 3. The zero-order valence-electron chi connectivity index (χ0n) is 15.4. The zero-order valence-corrected chi connectivity index (χ0v) is 16.1. The van der Waals surface area contributed by atoms with Gasteiger partial charge in [0.1, 0.15) is 11.6 Å². The molecule has 0 unspecified atom stereocenters. The molecular weight excluding hydrogens is 423 g/mol. The van der Waals surface area contributed by atoms with Crippen molar-refractivity contribution in [1.82, 2.24) is 15.0 Å². The van der Waals surface area contributed by atoms with E-state index in [0.717, 1.165) is 12.1 Å². The van der Waals surface area contributed by atoms with Crippen molar-refractivity contribution in [3.63, 3.8) is 0 Å². The van der Waals surface area contributed by atoms with Gasteiger partial charge in [-0.25, -0.2) is 14.8 Å². The van der Waals surface area contributed by atoms with E-state index in [1.54, 1.807) is 19.1 Å². The number of pyridine rings is 1. The number of carbonyl (C=O) groups excluding carboxylic acids is 1. The Morgan fingerprint density at radius 3 is 2.43 bits per heavy atom. The fourth-order valence-electron chi connectivity index (χ4n) is 2.42. The van der Waals surface area contributed by atoms with E-state index in [4.69, 9.17) is 17.3 Å². The van der Waals surface area contributed by atoms with Crippen molar-refractivity contribution < 1.29 is 18.0 Å². The van der Waals surface area contributed by atoms with Crippen molar-refractivity contribution in [2.45, 2.75) is 13.1 Å². The first-order valence-electron chi connectivity index (χ1n) is 8.39. The molecule has 1 aromatic carbocycles. The van der Waals surface area contributed by atoms with E-state index in [1.165, 1.54) is 18.3 Å². The second-order valence-corrected chi connectivity index (χ2v) is 6.49. The van der Waals surface area contributed by atoms with Gasteiger partial charge in [-0.1, -0.05) is 11.6 Å². The van der Waals surface area contributed by atoms with Gasteiger partial charge in [0.15, 0.2) is 0 Å². The van der Waals surface area contributed by atoms with Gasteiger partial charge >= 0.3 is 12.2 Å². The molecule has 0 saturated heterocycles. The van der Waals surface area contributed by atoms with Gasteiger partial charge in [-0.3, -0.25) is 5.32 Å². The van der Waals surface area contributed by atoms with Gasteiger partial charge in [-0.2, -0.15) is 18.2 Å². The molecule has 2 amide bonds. The minimum atomic E-state index is -4.64. The molecule has 2 aromatic heterocycles. The van der Waals surface area contributed by atoms with Crippen LogP contribution < -0.4 is 21.7 Å². The standard InChI is InChI=1S/C18H15ClF3N7O/c1-9-6-14(23)28-16(25-9)26-11-3-5-15(24-8-11)29-17(30)27-10-2-4-13(19)12(7-10)18(20,21)22/h2-8H,1H3,(H3,23,25,26,28)(H2,24,27,29,30). The van der Waals surface area contributed by atoms with Crippen LogP contribution in [-0.2, 0) is 6.18 Å². The molecule has 30 heavy (non-hydrogen) atoms. The van der Waals surface area contributed by atoms with Gasteiger partial charge in [0.2, 0.25) is 5.95 Å². The lowest BCUT2D eigenvalue weighted by molar-refractivity contribution is -0.137. The summed E-state index contributed by atoms with van der Waals surface area (Å²) in [6, 6.07) is 7.00. The van der Waals surface area contributed by atoms with Crippen LogP contribution in [0.1, 0.15) is 11.3 Å². The molecule has 8 nitrogen and oxygen atoms in total. The average Bonchev–Trinajstić information content (AvgIpc) is 2.63. The number of nitrogen functional groups attached to an aromatic ring is 1. The molecule has 5 N–H and O–H groups in total.